The molecule has 32 heavy (non-hydrogen) atoms. The number of imide groups is 1. The van der Waals surface area contributed by atoms with Crippen LogP contribution >= 0.6 is 11.3 Å². The van der Waals surface area contributed by atoms with Crippen molar-refractivity contribution >= 4 is 34.4 Å². The fourth-order valence-electron chi connectivity index (χ4n) is 4.61. The molecule has 0 aliphatic carbocycles. The highest BCUT2D eigenvalue weighted by Crippen LogP contribution is 2.38. The summed E-state index contributed by atoms with van der Waals surface area (Å²) < 4.78 is 13.8. The van der Waals surface area contributed by atoms with Crippen LogP contribution in [0.1, 0.15) is 23.3 Å². The third kappa shape index (κ3) is 3.86. The number of rotatable bonds is 5. The molecule has 0 radical (unpaired) electrons. The van der Waals surface area contributed by atoms with Gasteiger partial charge in [0.25, 0.3) is 11.8 Å². The Bertz CT molecular complexity index is 1170. The highest BCUT2D eigenvalue weighted by molar-refractivity contribution is 7.11. The zero-order chi connectivity index (χ0) is 22.1. The van der Waals surface area contributed by atoms with E-state index in [1.165, 1.54) is 35.1 Å². The van der Waals surface area contributed by atoms with E-state index < -0.39 is 5.82 Å². The summed E-state index contributed by atoms with van der Waals surface area (Å²) in [5.41, 5.74) is 2.47. The van der Waals surface area contributed by atoms with Gasteiger partial charge in [0.15, 0.2) is 0 Å². The Hall–Kier alpha value is -3.25. The Morgan fingerprint density at radius 2 is 1.69 bits per heavy atom. The van der Waals surface area contributed by atoms with Crippen molar-refractivity contribution in [1.29, 1.82) is 0 Å². The molecule has 1 saturated heterocycles. The molecule has 0 spiro atoms. The van der Waals surface area contributed by atoms with Crippen molar-refractivity contribution in [1.82, 2.24) is 4.90 Å². The van der Waals surface area contributed by atoms with Gasteiger partial charge in [-0.2, -0.15) is 0 Å². The maximum absolute atomic E-state index is 13.8. The van der Waals surface area contributed by atoms with Crippen LogP contribution in [0.3, 0.4) is 0 Å². The average molecular weight is 447 g/mol. The Labute approximate surface area is 190 Å². The number of piperidine rings is 1. The summed E-state index contributed by atoms with van der Waals surface area (Å²) >= 11 is 1.44. The molecule has 4 nitrogen and oxygen atoms in total. The second-order valence-corrected chi connectivity index (χ2v) is 9.19. The molecule has 3 aromatic rings. The van der Waals surface area contributed by atoms with Gasteiger partial charge in [-0.15, -0.1) is 11.3 Å². The molecule has 0 bridgehead atoms. The van der Waals surface area contributed by atoms with Gasteiger partial charge in [-0.05, 0) is 60.4 Å². The Balaban J connectivity index is 1.42. The molecule has 0 saturated carbocycles. The van der Waals surface area contributed by atoms with Crippen LogP contribution in [0.25, 0.3) is 5.57 Å². The Kier molecular flexibility index (Phi) is 5.62. The van der Waals surface area contributed by atoms with Crippen molar-refractivity contribution in [3.63, 3.8) is 0 Å². The number of benzene rings is 2. The van der Waals surface area contributed by atoms with Crippen LogP contribution in [-0.4, -0.2) is 29.8 Å². The second kappa shape index (κ2) is 8.71. The van der Waals surface area contributed by atoms with E-state index in [2.05, 4.69) is 29.2 Å². The first kappa shape index (κ1) is 20.6. The molecule has 162 valence electrons. The van der Waals surface area contributed by atoms with E-state index in [0.717, 1.165) is 42.1 Å². The number of carbonyl (C=O) groups is 2. The van der Waals surface area contributed by atoms with Gasteiger partial charge in [0.05, 0.1) is 11.3 Å². The van der Waals surface area contributed by atoms with Crippen LogP contribution in [0.5, 0.6) is 0 Å². The highest BCUT2D eigenvalue weighted by atomic mass is 32.1. The van der Waals surface area contributed by atoms with E-state index in [-0.39, 0.29) is 17.5 Å². The number of nitrogens with zero attached hydrogens (tertiary/aromatic N) is 2. The van der Waals surface area contributed by atoms with Crippen molar-refractivity contribution in [2.45, 2.75) is 19.3 Å². The molecular formula is C26H23FN2O2S. The number of hydrogen-bond acceptors (Lipinski definition) is 4. The van der Waals surface area contributed by atoms with Crippen LogP contribution < -0.4 is 4.90 Å². The molecule has 6 heteroatoms. The number of hydrogen-bond donors (Lipinski definition) is 0. The Morgan fingerprint density at radius 1 is 0.906 bits per heavy atom. The number of amides is 2. The van der Waals surface area contributed by atoms with E-state index in [1.54, 1.807) is 6.07 Å². The van der Waals surface area contributed by atoms with Gasteiger partial charge in [0.1, 0.15) is 11.5 Å². The first-order valence-electron chi connectivity index (χ1n) is 10.8. The summed E-state index contributed by atoms with van der Waals surface area (Å²) in [5, 5.41) is 1.90. The molecule has 0 unspecified atom stereocenters. The molecule has 1 aromatic heterocycles. The first-order chi connectivity index (χ1) is 15.6. The van der Waals surface area contributed by atoms with Gasteiger partial charge in [-0.3, -0.25) is 9.59 Å². The molecule has 2 aromatic carbocycles. The van der Waals surface area contributed by atoms with E-state index in [0.29, 0.717) is 17.2 Å². The van der Waals surface area contributed by atoms with Crippen LogP contribution in [0.2, 0.25) is 0 Å². The minimum absolute atomic E-state index is 0.267. The molecule has 5 rings (SSSR count). The summed E-state index contributed by atoms with van der Waals surface area (Å²) in [6.07, 6.45) is 2.93. The zero-order valence-electron chi connectivity index (χ0n) is 17.5. The van der Waals surface area contributed by atoms with Crippen molar-refractivity contribution in [2.75, 3.05) is 18.0 Å². The lowest BCUT2D eigenvalue weighted by molar-refractivity contribution is -0.120. The summed E-state index contributed by atoms with van der Waals surface area (Å²) in [6.45, 7) is 1.44. The van der Waals surface area contributed by atoms with Gasteiger partial charge in [-0.25, -0.2) is 9.29 Å². The van der Waals surface area contributed by atoms with E-state index in [4.69, 9.17) is 0 Å². The van der Waals surface area contributed by atoms with Gasteiger partial charge in [0, 0.05) is 18.0 Å². The predicted molar refractivity (Wildman–Crippen MR) is 125 cm³/mol. The van der Waals surface area contributed by atoms with Crippen molar-refractivity contribution < 1.29 is 14.0 Å². The minimum Gasteiger partial charge on any atom is -0.366 e. The number of halogens is 1. The van der Waals surface area contributed by atoms with Crippen molar-refractivity contribution in [3.8, 4) is 0 Å². The average Bonchev–Trinajstić information content (AvgIpc) is 3.41. The van der Waals surface area contributed by atoms with Crippen LogP contribution in [-0.2, 0) is 16.0 Å². The van der Waals surface area contributed by atoms with Gasteiger partial charge < -0.3 is 4.90 Å². The standard InChI is InChI=1S/C26H23FN2O2S/c27-20-8-4-9-21(17-20)29-25(30)23(22-10-5-15-32-22)24(26(29)31)28-13-11-19(12-14-28)16-18-6-2-1-3-7-18/h1-10,15,17,19H,11-14,16H2. The lowest BCUT2D eigenvalue weighted by Crippen LogP contribution is -2.39. The van der Waals surface area contributed by atoms with Crippen molar-refractivity contribution in [3.05, 3.63) is 94.1 Å². The molecular weight excluding hydrogens is 423 g/mol. The first-order valence-corrected chi connectivity index (χ1v) is 11.7. The predicted octanol–water partition coefficient (Wildman–Crippen LogP) is 5.13. The molecule has 2 amide bonds. The molecule has 2 aliphatic heterocycles. The third-order valence-electron chi connectivity index (χ3n) is 6.19. The molecule has 3 heterocycles. The number of anilines is 1. The lowest BCUT2D eigenvalue weighted by atomic mass is 9.90. The third-order valence-corrected chi connectivity index (χ3v) is 7.08. The number of thiophene rings is 1. The van der Waals surface area contributed by atoms with E-state index in [9.17, 15) is 14.0 Å². The largest absolute Gasteiger partial charge is 0.366 e. The van der Waals surface area contributed by atoms with E-state index >= 15 is 0 Å². The monoisotopic (exact) mass is 446 g/mol. The highest BCUT2D eigenvalue weighted by Gasteiger charge is 2.43. The van der Waals surface area contributed by atoms with Crippen molar-refractivity contribution in [2.24, 2.45) is 5.92 Å². The van der Waals surface area contributed by atoms with Gasteiger partial charge >= 0.3 is 0 Å². The molecule has 2 aliphatic rings. The summed E-state index contributed by atoms with van der Waals surface area (Å²) in [6, 6.07) is 19.8. The van der Waals surface area contributed by atoms with Crippen LogP contribution in [0.15, 0.2) is 77.8 Å². The van der Waals surface area contributed by atoms with Crippen LogP contribution in [0, 0.1) is 11.7 Å². The zero-order valence-corrected chi connectivity index (χ0v) is 18.4. The molecule has 0 atom stereocenters. The SMILES string of the molecule is O=C1C(c2cccs2)=C(N2CCC(Cc3ccccc3)CC2)C(=O)N1c1cccc(F)c1. The quantitative estimate of drug-likeness (QED) is 0.511. The maximum atomic E-state index is 13.8. The fraction of sp³-hybridized carbons (Fsp3) is 0.231. The second-order valence-electron chi connectivity index (χ2n) is 8.25. The number of carbonyl (C=O) groups excluding carboxylic acids is 2. The lowest BCUT2D eigenvalue weighted by Gasteiger charge is -2.34. The summed E-state index contributed by atoms with van der Waals surface area (Å²) in [4.78, 5) is 30.8. The van der Waals surface area contributed by atoms with Gasteiger partial charge in [0.2, 0.25) is 0 Å². The fourth-order valence-corrected chi connectivity index (χ4v) is 5.37. The normalized spacial score (nSPS) is 17.5. The summed E-state index contributed by atoms with van der Waals surface area (Å²) in [5.74, 6) is -0.683. The Morgan fingerprint density at radius 3 is 2.38 bits per heavy atom. The molecule has 1 fully saturated rings. The molecule has 0 N–H and O–H groups in total. The minimum atomic E-state index is -0.476. The maximum Gasteiger partial charge on any atom is 0.282 e. The summed E-state index contributed by atoms with van der Waals surface area (Å²) in [7, 11) is 0. The van der Waals surface area contributed by atoms with Gasteiger partial charge in [-0.1, -0.05) is 42.5 Å². The van der Waals surface area contributed by atoms with E-state index in [1.807, 2.05) is 23.6 Å². The van der Waals surface area contributed by atoms with Crippen LogP contribution in [0.4, 0.5) is 10.1 Å². The topological polar surface area (TPSA) is 40.6 Å². The smallest absolute Gasteiger partial charge is 0.282 e. The number of likely N-dealkylation sites (tertiary alicyclic amines) is 1.